The number of amides is 3. The molecule has 0 unspecified atom stereocenters. The second kappa shape index (κ2) is 7.24. The summed E-state index contributed by atoms with van der Waals surface area (Å²) in [4.78, 5) is 22.7. The highest BCUT2D eigenvalue weighted by Crippen LogP contribution is 2.18. The number of hydrogen-bond acceptors (Lipinski definition) is 2. The topological polar surface area (TPSA) is 58.2 Å². The molecule has 108 valence electrons. The molecule has 0 bridgehead atoms. The van der Waals surface area contributed by atoms with Crippen molar-refractivity contribution in [3.63, 3.8) is 0 Å². The highest BCUT2D eigenvalue weighted by molar-refractivity contribution is 5.93. The largest absolute Gasteiger partial charge is 0.331 e. The molecule has 0 saturated carbocycles. The molecule has 0 fully saturated rings. The van der Waals surface area contributed by atoms with Crippen LogP contribution in [0.2, 0.25) is 0 Å². The SMILES string of the molecule is CC(=O)NC(=O)N[C@H](Cc1ccccc1)c1ccccc1. The number of nitrogens with one attached hydrogen (secondary N) is 2. The van der Waals surface area contributed by atoms with Crippen LogP contribution in [-0.4, -0.2) is 11.9 Å². The molecule has 0 radical (unpaired) electrons. The Morgan fingerprint density at radius 2 is 1.52 bits per heavy atom. The van der Waals surface area contributed by atoms with E-state index in [1.807, 2.05) is 60.7 Å². The average Bonchev–Trinajstić information content (AvgIpc) is 2.48. The highest BCUT2D eigenvalue weighted by atomic mass is 16.2. The molecule has 21 heavy (non-hydrogen) atoms. The van der Waals surface area contributed by atoms with Gasteiger partial charge in [-0.05, 0) is 17.5 Å². The van der Waals surface area contributed by atoms with Crippen molar-refractivity contribution in [3.8, 4) is 0 Å². The van der Waals surface area contributed by atoms with Gasteiger partial charge in [0, 0.05) is 6.92 Å². The lowest BCUT2D eigenvalue weighted by molar-refractivity contribution is -0.117. The third-order valence-electron chi connectivity index (χ3n) is 3.08. The molecule has 0 aromatic heterocycles. The summed E-state index contributed by atoms with van der Waals surface area (Å²) in [5, 5.41) is 5.08. The van der Waals surface area contributed by atoms with E-state index in [0.717, 1.165) is 11.1 Å². The van der Waals surface area contributed by atoms with Gasteiger partial charge in [0.1, 0.15) is 0 Å². The van der Waals surface area contributed by atoms with E-state index in [0.29, 0.717) is 6.42 Å². The van der Waals surface area contributed by atoms with Gasteiger partial charge in [0.2, 0.25) is 5.91 Å². The van der Waals surface area contributed by atoms with Crippen LogP contribution in [0.5, 0.6) is 0 Å². The fourth-order valence-electron chi connectivity index (χ4n) is 2.14. The number of rotatable bonds is 4. The summed E-state index contributed by atoms with van der Waals surface area (Å²) in [5.41, 5.74) is 2.12. The van der Waals surface area contributed by atoms with Gasteiger partial charge in [-0.1, -0.05) is 60.7 Å². The van der Waals surface area contributed by atoms with Gasteiger partial charge in [0.15, 0.2) is 0 Å². The Morgan fingerprint density at radius 1 is 0.952 bits per heavy atom. The monoisotopic (exact) mass is 282 g/mol. The van der Waals surface area contributed by atoms with E-state index in [1.54, 1.807) is 0 Å². The lowest BCUT2D eigenvalue weighted by Gasteiger charge is -2.19. The molecule has 4 nitrogen and oxygen atoms in total. The molecule has 0 aliphatic heterocycles. The van der Waals surface area contributed by atoms with Crippen LogP contribution in [0.15, 0.2) is 60.7 Å². The third kappa shape index (κ3) is 4.76. The predicted molar refractivity (Wildman–Crippen MR) is 81.7 cm³/mol. The predicted octanol–water partition coefficient (Wildman–Crippen LogP) is 2.82. The second-order valence-corrected chi connectivity index (χ2v) is 4.81. The van der Waals surface area contributed by atoms with Crippen molar-refractivity contribution < 1.29 is 9.59 Å². The molecule has 2 aromatic rings. The summed E-state index contributed by atoms with van der Waals surface area (Å²) in [6, 6.07) is 19.0. The van der Waals surface area contributed by atoms with Crippen molar-refractivity contribution in [2.24, 2.45) is 0 Å². The van der Waals surface area contributed by atoms with Crippen molar-refractivity contribution in [1.82, 2.24) is 10.6 Å². The van der Waals surface area contributed by atoms with Crippen molar-refractivity contribution >= 4 is 11.9 Å². The number of benzene rings is 2. The van der Waals surface area contributed by atoms with Gasteiger partial charge in [-0.15, -0.1) is 0 Å². The van der Waals surface area contributed by atoms with E-state index in [2.05, 4.69) is 10.6 Å². The van der Waals surface area contributed by atoms with Crippen molar-refractivity contribution in [2.45, 2.75) is 19.4 Å². The summed E-state index contributed by atoms with van der Waals surface area (Å²) in [6.07, 6.45) is 0.663. The molecule has 0 heterocycles. The van der Waals surface area contributed by atoms with Crippen LogP contribution >= 0.6 is 0 Å². The molecular formula is C17H18N2O2. The van der Waals surface area contributed by atoms with Crippen LogP contribution in [0, 0.1) is 0 Å². The highest BCUT2D eigenvalue weighted by Gasteiger charge is 2.15. The van der Waals surface area contributed by atoms with E-state index in [-0.39, 0.29) is 11.9 Å². The first-order valence-corrected chi connectivity index (χ1v) is 6.82. The molecule has 2 rings (SSSR count). The molecule has 3 amide bonds. The summed E-state index contributed by atoms with van der Waals surface area (Å²) in [5.74, 6) is -0.376. The molecule has 1 atom stereocenters. The zero-order chi connectivity index (χ0) is 15.1. The Bertz CT molecular complexity index is 597. The molecule has 0 aliphatic carbocycles. The van der Waals surface area contributed by atoms with Gasteiger partial charge in [-0.2, -0.15) is 0 Å². The number of urea groups is 1. The number of hydrogen-bond donors (Lipinski definition) is 2. The Balaban J connectivity index is 2.15. The van der Waals surface area contributed by atoms with Gasteiger partial charge in [-0.25, -0.2) is 4.79 Å². The van der Waals surface area contributed by atoms with E-state index < -0.39 is 6.03 Å². The van der Waals surface area contributed by atoms with Gasteiger partial charge in [0.05, 0.1) is 6.04 Å². The molecule has 4 heteroatoms. The van der Waals surface area contributed by atoms with Crippen LogP contribution in [0.1, 0.15) is 24.1 Å². The first-order chi connectivity index (χ1) is 10.1. The first kappa shape index (κ1) is 14.8. The zero-order valence-electron chi connectivity index (χ0n) is 11.9. The Hall–Kier alpha value is -2.62. The van der Waals surface area contributed by atoms with Gasteiger partial charge >= 0.3 is 6.03 Å². The quantitative estimate of drug-likeness (QED) is 0.906. The fraction of sp³-hybridized carbons (Fsp3) is 0.176. The standard InChI is InChI=1S/C17H18N2O2/c1-13(20)18-17(21)19-16(15-10-6-3-7-11-15)12-14-8-4-2-5-9-14/h2-11,16H,12H2,1H3,(H2,18,19,20,21)/t16-/m1/s1. The van der Waals surface area contributed by atoms with E-state index >= 15 is 0 Å². The zero-order valence-corrected chi connectivity index (χ0v) is 11.9. The van der Waals surface area contributed by atoms with Crippen LogP contribution in [0.4, 0.5) is 4.79 Å². The summed E-state index contributed by atoms with van der Waals surface area (Å²) in [7, 11) is 0. The molecule has 0 saturated heterocycles. The molecule has 0 spiro atoms. The maximum Gasteiger partial charge on any atom is 0.321 e. The van der Waals surface area contributed by atoms with E-state index in [4.69, 9.17) is 0 Å². The van der Waals surface area contributed by atoms with E-state index in [1.165, 1.54) is 6.92 Å². The van der Waals surface area contributed by atoms with Crippen molar-refractivity contribution in [3.05, 3.63) is 71.8 Å². The average molecular weight is 282 g/mol. The van der Waals surface area contributed by atoms with Crippen molar-refractivity contribution in [1.29, 1.82) is 0 Å². The molecular weight excluding hydrogens is 264 g/mol. The fourth-order valence-corrected chi connectivity index (χ4v) is 2.14. The van der Waals surface area contributed by atoms with Crippen LogP contribution < -0.4 is 10.6 Å². The Morgan fingerprint density at radius 3 is 2.10 bits per heavy atom. The number of carbonyl (C=O) groups is 2. The van der Waals surface area contributed by atoms with Gasteiger partial charge in [0.25, 0.3) is 0 Å². The van der Waals surface area contributed by atoms with Gasteiger partial charge < -0.3 is 5.32 Å². The van der Waals surface area contributed by atoms with Crippen LogP contribution in [-0.2, 0) is 11.2 Å². The maximum atomic E-state index is 11.8. The van der Waals surface area contributed by atoms with Crippen molar-refractivity contribution in [2.75, 3.05) is 0 Å². The normalized spacial score (nSPS) is 11.5. The maximum absolute atomic E-state index is 11.8. The smallest absolute Gasteiger partial charge is 0.321 e. The molecule has 0 aliphatic rings. The van der Waals surface area contributed by atoms with Crippen LogP contribution in [0.3, 0.4) is 0 Å². The minimum Gasteiger partial charge on any atom is -0.331 e. The molecule has 2 aromatic carbocycles. The summed E-state index contributed by atoms with van der Waals surface area (Å²) in [6.45, 7) is 1.31. The second-order valence-electron chi connectivity index (χ2n) is 4.81. The number of imide groups is 1. The van der Waals surface area contributed by atoms with Crippen LogP contribution in [0.25, 0.3) is 0 Å². The third-order valence-corrected chi connectivity index (χ3v) is 3.08. The summed E-state index contributed by atoms with van der Waals surface area (Å²) < 4.78 is 0. The Labute approximate surface area is 124 Å². The first-order valence-electron chi connectivity index (χ1n) is 6.82. The lowest BCUT2D eigenvalue weighted by atomic mass is 9.99. The minimum absolute atomic E-state index is 0.187. The summed E-state index contributed by atoms with van der Waals surface area (Å²) >= 11 is 0. The molecule has 2 N–H and O–H groups in total. The van der Waals surface area contributed by atoms with Gasteiger partial charge in [-0.3, -0.25) is 10.1 Å². The number of carbonyl (C=O) groups excluding carboxylic acids is 2. The lowest BCUT2D eigenvalue weighted by Crippen LogP contribution is -2.40. The minimum atomic E-state index is -0.479. The van der Waals surface area contributed by atoms with E-state index in [9.17, 15) is 9.59 Å². The Kier molecular flexibility index (Phi) is 5.10.